The summed E-state index contributed by atoms with van der Waals surface area (Å²) >= 11 is 0. The quantitative estimate of drug-likeness (QED) is 0.503. The number of hydrogen-bond acceptors (Lipinski definition) is 5. The number of nitrogens with zero attached hydrogens (tertiary/aromatic N) is 2. The Morgan fingerprint density at radius 3 is 2.60 bits per heavy atom. The molecule has 2 rings (SSSR count). The molecule has 2 fully saturated rings. The van der Waals surface area contributed by atoms with Gasteiger partial charge >= 0.3 is 12.0 Å². The first-order chi connectivity index (χ1) is 9.52. The fourth-order valence-electron chi connectivity index (χ4n) is 1.99. The summed E-state index contributed by atoms with van der Waals surface area (Å²) in [5.74, 6) is -1.33. The highest BCUT2D eigenvalue weighted by Crippen LogP contribution is 2.27. The lowest BCUT2D eigenvalue weighted by molar-refractivity contribution is -0.149. The van der Waals surface area contributed by atoms with Crippen molar-refractivity contribution in [1.29, 1.82) is 0 Å². The normalized spacial score (nSPS) is 17.9. The SMILES string of the molecule is CCOC(=O)CN(C(=O)CN1C(=O)CNC1=O)C1CC1. The molecule has 110 valence electrons. The van der Waals surface area contributed by atoms with E-state index in [1.54, 1.807) is 6.92 Å². The third-order valence-electron chi connectivity index (χ3n) is 3.14. The molecule has 0 aromatic rings. The largest absolute Gasteiger partial charge is 0.465 e. The summed E-state index contributed by atoms with van der Waals surface area (Å²) in [6, 6.07) is -0.567. The van der Waals surface area contributed by atoms with Crippen LogP contribution in [-0.2, 0) is 19.1 Å². The molecule has 20 heavy (non-hydrogen) atoms. The number of urea groups is 1. The number of esters is 1. The van der Waals surface area contributed by atoms with E-state index < -0.39 is 23.8 Å². The van der Waals surface area contributed by atoms with Gasteiger partial charge in [-0.15, -0.1) is 0 Å². The molecule has 1 aliphatic carbocycles. The topological polar surface area (TPSA) is 96.0 Å². The minimum absolute atomic E-state index is 0.00710. The summed E-state index contributed by atoms with van der Waals surface area (Å²) in [4.78, 5) is 48.7. The second kappa shape index (κ2) is 5.89. The molecule has 0 atom stereocenters. The van der Waals surface area contributed by atoms with E-state index in [1.165, 1.54) is 4.90 Å². The Bertz CT molecular complexity index is 430. The van der Waals surface area contributed by atoms with E-state index >= 15 is 0 Å². The summed E-state index contributed by atoms with van der Waals surface area (Å²) in [7, 11) is 0. The lowest BCUT2D eigenvalue weighted by Gasteiger charge is -2.23. The van der Waals surface area contributed by atoms with Gasteiger partial charge in [0, 0.05) is 6.04 Å². The van der Waals surface area contributed by atoms with Gasteiger partial charge < -0.3 is 15.0 Å². The average Bonchev–Trinajstić information content (AvgIpc) is 3.19. The molecule has 0 spiro atoms. The van der Waals surface area contributed by atoms with Crippen molar-refractivity contribution in [2.24, 2.45) is 0 Å². The Morgan fingerprint density at radius 2 is 2.10 bits per heavy atom. The van der Waals surface area contributed by atoms with Crippen molar-refractivity contribution >= 4 is 23.8 Å². The Morgan fingerprint density at radius 1 is 1.40 bits per heavy atom. The molecular weight excluding hydrogens is 266 g/mol. The third-order valence-corrected chi connectivity index (χ3v) is 3.14. The van der Waals surface area contributed by atoms with Crippen molar-refractivity contribution < 1.29 is 23.9 Å². The van der Waals surface area contributed by atoms with Crippen LogP contribution >= 0.6 is 0 Å². The zero-order valence-corrected chi connectivity index (χ0v) is 11.3. The summed E-state index contributed by atoms with van der Waals surface area (Å²) in [5.41, 5.74) is 0. The minimum atomic E-state index is -0.574. The van der Waals surface area contributed by atoms with E-state index in [1.807, 2.05) is 0 Å². The number of carbonyl (C=O) groups excluding carboxylic acids is 4. The Hall–Kier alpha value is -2.12. The van der Waals surface area contributed by atoms with Gasteiger partial charge in [-0.2, -0.15) is 0 Å². The number of carbonyl (C=O) groups is 4. The van der Waals surface area contributed by atoms with Crippen LogP contribution < -0.4 is 5.32 Å². The van der Waals surface area contributed by atoms with Gasteiger partial charge in [-0.1, -0.05) is 0 Å². The fourth-order valence-corrected chi connectivity index (χ4v) is 1.99. The van der Waals surface area contributed by atoms with Crippen LogP contribution in [-0.4, -0.2) is 65.9 Å². The molecule has 0 aromatic heterocycles. The Labute approximate surface area is 116 Å². The molecule has 1 N–H and O–H groups in total. The van der Waals surface area contributed by atoms with Gasteiger partial charge in [0.1, 0.15) is 13.1 Å². The number of hydrogen-bond donors (Lipinski definition) is 1. The van der Waals surface area contributed by atoms with Crippen LogP contribution in [0.4, 0.5) is 4.79 Å². The molecule has 1 aliphatic heterocycles. The molecule has 0 aromatic carbocycles. The second-order valence-corrected chi connectivity index (χ2v) is 4.70. The zero-order chi connectivity index (χ0) is 14.7. The van der Waals surface area contributed by atoms with Crippen LogP contribution in [0.3, 0.4) is 0 Å². The predicted octanol–water partition coefficient (Wildman–Crippen LogP) is -0.908. The van der Waals surface area contributed by atoms with Crippen LogP contribution in [0.2, 0.25) is 0 Å². The molecule has 1 heterocycles. The first-order valence-electron chi connectivity index (χ1n) is 6.56. The molecule has 1 saturated carbocycles. The van der Waals surface area contributed by atoms with Gasteiger partial charge in [-0.3, -0.25) is 19.3 Å². The first-order valence-corrected chi connectivity index (χ1v) is 6.56. The predicted molar refractivity (Wildman–Crippen MR) is 66.5 cm³/mol. The molecule has 0 radical (unpaired) electrons. The summed E-state index contributed by atoms with van der Waals surface area (Å²) < 4.78 is 4.82. The lowest BCUT2D eigenvalue weighted by Crippen LogP contribution is -2.46. The van der Waals surface area contributed by atoms with Crippen molar-refractivity contribution in [2.45, 2.75) is 25.8 Å². The van der Waals surface area contributed by atoms with Crippen LogP contribution in [0, 0.1) is 0 Å². The van der Waals surface area contributed by atoms with Crippen molar-refractivity contribution in [3.8, 4) is 0 Å². The lowest BCUT2D eigenvalue weighted by atomic mass is 10.4. The van der Waals surface area contributed by atoms with Gasteiger partial charge in [0.25, 0.3) is 5.91 Å². The molecular formula is C12H17N3O5. The molecule has 0 bridgehead atoms. The monoisotopic (exact) mass is 283 g/mol. The first kappa shape index (κ1) is 14.3. The highest BCUT2D eigenvalue weighted by molar-refractivity contribution is 6.04. The van der Waals surface area contributed by atoms with Gasteiger partial charge in [0.05, 0.1) is 13.2 Å². The van der Waals surface area contributed by atoms with E-state index in [0.717, 1.165) is 17.7 Å². The van der Waals surface area contributed by atoms with E-state index in [4.69, 9.17) is 4.74 Å². The molecule has 1 saturated heterocycles. The smallest absolute Gasteiger partial charge is 0.325 e. The Kier molecular flexibility index (Phi) is 4.21. The number of rotatable bonds is 6. The van der Waals surface area contributed by atoms with Crippen molar-refractivity contribution in [1.82, 2.24) is 15.1 Å². The molecule has 0 unspecified atom stereocenters. The van der Waals surface area contributed by atoms with Crippen LogP contribution in [0.25, 0.3) is 0 Å². The Balaban J connectivity index is 1.95. The molecule has 8 nitrogen and oxygen atoms in total. The maximum atomic E-state index is 12.2. The van der Waals surface area contributed by atoms with Gasteiger partial charge in [-0.05, 0) is 19.8 Å². The third kappa shape index (κ3) is 3.25. The van der Waals surface area contributed by atoms with Gasteiger partial charge in [0.2, 0.25) is 5.91 Å². The maximum Gasteiger partial charge on any atom is 0.325 e. The van der Waals surface area contributed by atoms with E-state index in [9.17, 15) is 19.2 Å². The fraction of sp³-hybridized carbons (Fsp3) is 0.667. The molecule has 4 amide bonds. The molecule has 2 aliphatic rings. The number of imide groups is 1. The van der Waals surface area contributed by atoms with Crippen LogP contribution in [0.5, 0.6) is 0 Å². The van der Waals surface area contributed by atoms with Crippen molar-refractivity contribution in [3.63, 3.8) is 0 Å². The van der Waals surface area contributed by atoms with Crippen LogP contribution in [0.15, 0.2) is 0 Å². The summed E-state index contributed by atoms with van der Waals surface area (Å²) in [5, 5.41) is 2.34. The van der Waals surface area contributed by atoms with Crippen LogP contribution in [0.1, 0.15) is 19.8 Å². The number of amides is 4. The number of nitrogens with one attached hydrogen (secondary N) is 1. The molecule has 8 heteroatoms. The van der Waals surface area contributed by atoms with E-state index in [0.29, 0.717) is 0 Å². The van der Waals surface area contributed by atoms with E-state index in [2.05, 4.69) is 5.32 Å². The number of ether oxygens (including phenoxy) is 1. The summed E-state index contributed by atoms with van der Waals surface area (Å²) in [6.45, 7) is 1.38. The zero-order valence-electron chi connectivity index (χ0n) is 11.3. The summed E-state index contributed by atoms with van der Waals surface area (Å²) in [6.07, 6.45) is 1.65. The highest BCUT2D eigenvalue weighted by atomic mass is 16.5. The average molecular weight is 283 g/mol. The maximum absolute atomic E-state index is 12.2. The second-order valence-electron chi connectivity index (χ2n) is 4.70. The van der Waals surface area contributed by atoms with E-state index in [-0.39, 0.29) is 32.3 Å². The van der Waals surface area contributed by atoms with Crippen molar-refractivity contribution in [2.75, 3.05) is 26.2 Å². The van der Waals surface area contributed by atoms with Crippen molar-refractivity contribution in [3.05, 3.63) is 0 Å². The minimum Gasteiger partial charge on any atom is -0.465 e. The van der Waals surface area contributed by atoms with Gasteiger partial charge in [-0.25, -0.2) is 4.79 Å². The highest BCUT2D eigenvalue weighted by Gasteiger charge is 2.37. The standard InChI is InChI=1S/C12H17N3O5/c1-2-20-11(18)7-14(8-3-4-8)10(17)6-15-9(16)5-13-12(15)19/h8H,2-7H2,1H3,(H,13,19). The van der Waals surface area contributed by atoms with Gasteiger partial charge in [0.15, 0.2) is 0 Å².